The summed E-state index contributed by atoms with van der Waals surface area (Å²) in [5.41, 5.74) is 0.0481. The van der Waals surface area contributed by atoms with Gasteiger partial charge in [0.2, 0.25) is 0 Å². The minimum Gasteiger partial charge on any atom is -0.466 e. The largest absolute Gasteiger partial charge is 0.466 e. The predicted octanol–water partition coefficient (Wildman–Crippen LogP) is 0.708. The lowest BCUT2D eigenvalue weighted by molar-refractivity contribution is -0.143. The van der Waals surface area contributed by atoms with Gasteiger partial charge in [-0.3, -0.25) is 4.79 Å². The van der Waals surface area contributed by atoms with E-state index >= 15 is 0 Å². The minimum absolute atomic E-state index is 0.0481. The summed E-state index contributed by atoms with van der Waals surface area (Å²) in [7, 11) is 0. The van der Waals surface area contributed by atoms with Crippen LogP contribution in [0.25, 0.3) is 0 Å². The SMILES string of the molecule is CCOC(=O)CCNC1(C)CCOC1. The molecule has 0 aliphatic carbocycles. The second-order valence-electron chi connectivity index (χ2n) is 3.85. The van der Waals surface area contributed by atoms with Gasteiger partial charge >= 0.3 is 5.97 Å². The lowest BCUT2D eigenvalue weighted by Crippen LogP contribution is -2.43. The van der Waals surface area contributed by atoms with E-state index < -0.39 is 0 Å². The van der Waals surface area contributed by atoms with Crippen LogP contribution in [0.4, 0.5) is 0 Å². The molecular formula is C10H19NO3. The second-order valence-corrected chi connectivity index (χ2v) is 3.85. The summed E-state index contributed by atoms with van der Waals surface area (Å²) in [6.45, 7) is 6.60. The monoisotopic (exact) mass is 201 g/mol. The summed E-state index contributed by atoms with van der Waals surface area (Å²) in [5.74, 6) is -0.137. The molecule has 1 aliphatic heterocycles. The first-order valence-corrected chi connectivity index (χ1v) is 5.15. The molecule has 82 valence electrons. The van der Waals surface area contributed by atoms with E-state index in [1.54, 1.807) is 0 Å². The molecule has 14 heavy (non-hydrogen) atoms. The fourth-order valence-electron chi connectivity index (χ4n) is 1.51. The van der Waals surface area contributed by atoms with Gasteiger partial charge in [-0.2, -0.15) is 0 Å². The molecule has 0 radical (unpaired) electrons. The van der Waals surface area contributed by atoms with Gasteiger partial charge in [-0.05, 0) is 20.3 Å². The van der Waals surface area contributed by atoms with E-state index in [9.17, 15) is 4.79 Å². The van der Waals surface area contributed by atoms with Gasteiger partial charge in [-0.25, -0.2) is 0 Å². The van der Waals surface area contributed by atoms with Crippen LogP contribution in [-0.2, 0) is 14.3 Å². The first-order chi connectivity index (χ1) is 6.66. The van der Waals surface area contributed by atoms with Crippen molar-refractivity contribution in [1.82, 2.24) is 5.32 Å². The zero-order chi connectivity index (χ0) is 10.4. The van der Waals surface area contributed by atoms with E-state index in [4.69, 9.17) is 9.47 Å². The van der Waals surface area contributed by atoms with E-state index in [0.717, 1.165) is 19.6 Å². The van der Waals surface area contributed by atoms with Crippen LogP contribution in [0.15, 0.2) is 0 Å². The zero-order valence-electron chi connectivity index (χ0n) is 8.97. The van der Waals surface area contributed by atoms with Crippen molar-refractivity contribution in [2.75, 3.05) is 26.4 Å². The Morgan fingerprint density at radius 2 is 2.43 bits per heavy atom. The highest BCUT2D eigenvalue weighted by atomic mass is 16.5. The van der Waals surface area contributed by atoms with Crippen molar-refractivity contribution in [3.8, 4) is 0 Å². The van der Waals surface area contributed by atoms with E-state index in [1.165, 1.54) is 0 Å². The van der Waals surface area contributed by atoms with Crippen LogP contribution in [0.5, 0.6) is 0 Å². The van der Waals surface area contributed by atoms with E-state index in [-0.39, 0.29) is 11.5 Å². The molecule has 0 aromatic heterocycles. The Labute approximate surface area is 85.0 Å². The molecule has 0 bridgehead atoms. The van der Waals surface area contributed by atoms with Crippen LogP contribution in [0.2, 0.25) is 0 Å². The summed E-state index contributed by atoms with van der Waals surface area (Å²) in [4.78, 5) is 11.0. The first kappa shape index (κ1) is 11.5. The van der Waals surface area contributed by atoms with Gasteiger partial charge < -0.3 is 14.8 Å². The van der Waals surface area contributed by atoms with Gasteiger partial charge in [0.1, 0.15) is 0 Å². The number of esters is 1. The normalized spacial score (nSPS) is 26.4. The Kier molecular flexibility index (Phi) is 4.35. The molecule has 4 nitrogen and oxygen atoms in total. The van der Waals surface area contributed by atoms with Crippen LogP contribution in [0.3, 0.4) is 0 Å². The van der Waals surface area contributed by atoms with Crippen molar-refractivity contribution in [3.63, 3.8) is 0 Å². The van der Waals surface area contributed by atoms with Crippen molar-refractivity contribution in [3.05, 3.63) is 0 Å². The highest BCUT2D eigenvalue weighted by Crippen LogP contribution is 2.16. The molecule has 1 heterocycles. The summed E-state index contributed by atoms with van der Waals surface area (Å²) in [6.07, 6.45) is 1.44. The fraction of sp³-hybridized carbons (Fsp3) is 0.900. The average Bonchev–Trinajstić information content (AvgIpc) is 2.53. The highest BCUT2D eigenvalue weighted by molar-refractivity contribution is 5.69. The summed E-state index contributed by atoms with van der Waals surface area (Å²) in [5, 5.41) is 3.32. The number of nitrogens with one attached hydrogen (secondary N) is 1. The average molecular weight is 201 g/mol. The lowest BCUT2D eigenvalue weighted by atomic mass is 10.0. The van der Waals surface area contributed by atoms with Crippen LogP contribution in [0, 0.1) is 0 Å². The number of hydrogen-bond acceptors (Lipinski definition) is 4. The van der Waals surface area contributed by atoms with Crippen LogP contribution >= 0.6 is 0 Å². The summed E-state index contributed by atoms with van der Waals surface area (Å²) >= 11 is 0. The van der Waals surface area contributed by atoms with Gasteiger partial charge in [-0.15, -0.1) is 0 Å². The lowest BCUT2D eigenvalue weighted by Gasteiger charge is -2.23. The molecule has 1 fully saturated rings. The van der Waals surface area contributed by atoms with E-state index in [1.807, 2.05) is 6.92 Å². The predicted molar refractivity (Wildman–Crippen MR) is 53.1 cm³/mol. The maximum absolute atomic E-state index is 11.0. The molecule has 1 aliphatic rings. The molecule has 1 rings (SSSR count). The third kappa shape index (κ3) is 3.64. The topological polar surface area (TPSA) is 47.6 Å². The molecule has 1 unspecified atom stereocenters. The molecular weight excluding hydrogens is 182 g/mol. The number of ether oxygens (including phenoxy) is 2. The van der Waals surface area contributed by atoms with E-state index in [2.05, 4.69) is 12.2 Å². The molecule has 0 saturated carbocycles. The number of rotatable bonds is 5. The quantitative estimate of drug-likeness (QED) is 0.665. The Morgan fingerprint density at radius 1 is 1.64 bits per heavy atom. The van der Waals surface area contributed by atoms with Gasteiger partial charge in [0.05, 0.1) is 19.6 Å². The third-order valence-corrected chi connectivity index (χ3v) is 2.41. The molecule has 0 aromatic carbocycles. The standard InChI is InChI=1S/C10H19NO3/c1-3-14-9(12)4-6-11-10(2)5-7-13-8-10/h11H,3-8H2,1-2H3. The number of hydrogen-bond donors (Lipinski definition) is 1. The Bertz CT molecular complexity index is 188. The van der Waals surface area contributed by atoms with Crippen molar-refractivity contribution >= 4 is 5.97 Å². The first-order valence-electron chi connectivity index (χ1n) is 5.15. The van der Waals surface area contributed by atoms with Crippen LogP contribution < -0.4 is 5.32 Å². The molecule has 0 amide bonds. The van der Waals surface area contributed by atoms with Gasteiger partial charge in [0.15, 0.2) is 0 Å². The minimum atomic E-state index is -0.137. The van der Waals surface area contributed by atoms with Crippen molar-refractivity contribution in [2.45, 2.75) is 32.2 Å². The van der Waals surface area contributed by atoms with Gasteiger partial charge in [0, 0.05) is 18.7 Å². The van der Waals surface area contributed by atoms with Crippen molar-refractivity contribution in [2.24, 2.45) is 0 Å². The van der Waals surface area contributed by atoms with Crippen molar-refractivity contribution < 1.29 is 14.3 Å². The maximum atomic E-state index is 11.0. The smallest absolute Gasteiger partial charge is 0.307 e. The van der Waals surface area contributed by atoms with Crippen LogP contribution in [0.1, 0.15) is 26.7 Å². The maximum Gasteiger partial charge on any atom is 0.307 e. The molecule has 1 saturated heterocycles. The second kappa shape index (κ2) is 5.32. The fourth-order valence-corrected chi connectivity index (χ4v) is 1.51. The van der Waals surface area contributed by atoms with Crippen molar-refractivity contribution in [1.29, 1.82) is 0 Å². The Hall–Kier alpha value is -0.610. The van der Waals surface area contributed by atoms with Gasteiger partial charge in [-0.1, -0.05) is 0 Å². The third-order valence-electron chi connectivity index (χ3n) is 2.41. The summed E-state index contributed by atoms with van der Waals surface area (Å²) in [6, 6.07) is 0. The molecule has 1 atom stereocenters. The van der Waals surface area contributed by atoms with Gasteiger partial charge in [0.25, 0.3) is 0 Å². The highest BCUT2D eigenvalue weighted by Gasteiger charge is 2.28. The molecule has 0 aromatic rings. The molecule has 1 N–H and O–H groups in total. The Balaban J connectivity index is 2.11. The molecule has 4 heteroatoms. The Morgan fingerprint density at radius 3 is 3.00 bits per heavy atom. The summed E-state index contributed by atoms with van der Waals surface area (Å²) < 4.78 is 10.1. The number of carbonyl (C=O) groups excluding carboxylic acids is 1. The number of carbonyl (C=O) groups is 1. The molecule has 0 spiro atoms. The van der Waals surface area contributed by atoms with Crippen LogP contribution in [-0.4, -0.2) is 37.9 Å². The zero-order valence-corrected chi connectivity index (χ0v) is 8.97. The van der Waals surface area contributed by atoms with E-state index in [0.29, 0.717) is 19.6 Å².